The van der Waals surface area contributed by atoms with Crippen molar-refractivity contribution in [3.63, 3.8) is 0 Å². The van der Waals surface area contributed by atoms with Crippen LogP contribution in [-0.2, 0) is 0 Å². The lowest BCUT2D eigenvalue weighted by molar-refractivity contribution is 0.423. The van der Waals surface area contributed by atoms with Crippen LogP contribution in [0.15, 0.2) is 28.9 Å². The fourth-order valence-electron chi connectivity index (χ4n) is 1.26. The van der Waals surface area contributed by atoms with Gasteiger partial charge in [-0.1, -0.05) is 15.9 Å². The van der Waals surface area contributed by atoms with Gasteiger partial charge in [0.05, 0.1) is 0 Å². The SMILES string of the molecule is Cc1cnc(NN)nc1Oc1cc(Br)ccc1F. The third-order valence-corrected chi connectivity index (χ3v) is 2.65. The fraction of sp³-hybridized carbons (Fsp3) is 0.0909. The summed E-state index contributed by atoms with van der Waals surface area (Å²) in [6, 6.07) is 4.41. The maximum atomic E-state index is 13.5. The van der Waals surface area contributed by atoms with Crippen molar-refractivity contribution in [2.75, 3.05) is 5.43 Å². The summed E-state index contributed by atoms with van der Waals surface area (Å²) in [6.07, 6.45) is 1.54. The molecule has 3 N–H and O–H groups in total. The molecule has 1 aromatic carbocycles. The molecular weight excluding hydrogens is 303 g/mol. The van der Waals surface area contributed by atoms with Crippen molar-refractivity contribution in [2.45, 2.75) is 6.92 Å². The number of nitrogens with zero attached hydrogens (tertiary/aromatic N) is 2. The molecule has 1 heterocycles. The molecule has 18 heavy (non-hydrogen) atoms. The van der Waals surface area contributed by atoms with E-state index in [-0.39, 0.29) is 17.6 Å². The molecule has 0 aliphatic carbocycles. The summed E-state index contributed by atoms with van der Waals surface area (Å²) in [5.74, 6) is 5.25. The molecule has 0 aliphatic rings. The molecule has 5 nitrogen and oxygen atoms in total. The summed E-state index contributed by atoms with van der Waals surface area (Å²) in [6.45, 7) is 1.76. The number of ether oxygens (including phenoxy) is 1. The van der Waals surface area contributed by atoms with E-state index in [1.807, 2.05) is 0 Å². The van der Waals surface area contributed by atoms with Crippen LogP contribution in [0.2, 0.25) is 0 Å². The molecule has 1 aromatic heterocycles. The van der Waals surface area contributed by atoms with Gasteiger partial charge in [-0.3, -0.25) is 5.43 Å². The van der Waals surface area contributed by atoms with Gasteiger partial charge in [0.1, 0.15) is 0 Å². The quantitative estimate of drug-likeness (QED) is 0.673. The third-order valence-electron chi connectivity index (χ3n) is 2.15. The van der Waals surface area contributed by atoms with Gasteiger partial charge in [0.2, 0.25) is 11.8 Å². The first-order valence-corrected chi connectivity index (χ1v) is 5.82. The standard InChI is InChI=1S/C11H10BrFN4O/c1-6-5-15-11(17-14)16-10(6)18-9-4-7(12)2-3-8(9)13/h2-5H,14H2,1H3,(H,15,16,17). The lowest BCUT2D eigenvalue weighted by Gasteiger charge is -2.09. The van der Waals surface area contributed by atoms with E-state index in [0.717, 1.165) is 0 Å². The van der Waals surface area contributed by atoms with Gasteiger partial charge < -0.3 is 4.74 Å². The van der Waals surface area contributed by atoms with Crippen LogP contribution in [0.3, 0.4) is 0 Å². The van der Waals surface area contributed by atoms with E-state index in [1.54, 1.807) is 13.0 Å². The lowest BCUT2D eigenvalue weighted by atomic mass is 10.3. The Morgan fingerprint density at radius 3 is 2.94 bits per heavy atom. The summed E-state index contributed by atoms with van der Waals surface area (Å²) in [7, 11) is 0. The van der Waals surface area contributed by atoms with Crippen LogP contribution in [0, 0.1) is 12.7 Å². The van der Waals surface area contributed by atoms with Gasteiger partial charge >= 0.3 is 0 Å². The van der Waals surface area contributed by atoms with Crippen LogP contribution < -0.4 is 16.0 Å². The summed E-state index contributed by atoms with van der Waals surface area (Å²) in [4.78, 5) is 7.91. The minimum atomic E-state index is -0.474. The van der Waals surface area contributed by atoms with Crippen LogP contribution >= 0.6 is 15.9 Å². The summed E-state index contributed by atoms with van der Waals surface area (Å²) >= 11 is 3.24. The van der Waals surface area contributed by atoms with Crippen molar-refractivity contribution in [1.29, 1.82) is 0 Å². The van der Waals surface area contributed by atoms with E-state index in [4.69, 9.17) is 10.6 Å². The number of nitrogen functional groups attached to an aromatic ring is 1. The minimum Gasteiger partial charge on any atom is -0.435 e. The number of hydrogen-bond acceptors (Lipinski definition) is 5. The molecule has 0 atom stereocenters. The van der Waals surface area contributed by atoms with E-state index in [0.29, 0.717) is 10.0 Å². The van der Waals surface area contributed by atoms with E-state index < -0.39 is 5.82 Å². The van der Waals surface area contributed by atoms with E-state index in [1.165, 1.54) is 18.3 Å². The normalized spacial score (nSPS) is 10.2. The highest BCUT2D eigenvalue weighted by atomic mass is 79.9. The Morgan fingerprint density at radius 2 is 2.22 bits per heavy atom. The van der Waals surface area contributed by atoms with Crippen molar-refractivity contribution in [3.8, 4) is 11.6 Å². The summed E-state index contributed by atoms with van der Waals surface area (Å²) < 4.78 is 19.7. The second-order valence-corrected chi connectivity index (χ2v) is 4.42. The first-order chi connectivity index (χ1) is 8.60. The van der Waals surface area contributed by atoms with Crippen LogP contribution in [-0.4, -0.2) is 9.97 Å². The largest absolute Gasteiger partial charge is 0.435 e. The highest BCUT2D eigenvalue weighted by Crippen LogP contribution is 2.28. The average Bonchev–Trinajstić information content (AvgIpc) is 2.36. The number of halogens is 2. The van der Waals surface area contributed by atoms with Crippen LogP contribution in [0.4, 0.5) is 10.3 Å². The van der Waals surface area contributed by atoms with Crippen molar-refractivity contribution in [2.24, 2.45) is 5.84 Å². The predicted molar refractivity (Wildman–Crippen MR) is 68.8 cm³/mol. The van der Waals surface area contributed by atoms with Crippen molar-refractivity contribution in [1.82, 2.24) is 9.97 Å². The van der Waals surface area contributed by atoms with Crippen LogP contribution in [0.25, 0.3) is 0 Å². The third kappa shape index (κ3) is 2.74. The molecule has 0 fully saturated rings. The molecule has 0 unspecified atom stereocenters. The summed E-state index contributed by atoms with van der Waals surface area (Å²) in [5.41, 5.74) is 2.98. The highest BCUT2D eigenvalue weighted by molar-refractivity contribution is 9.10. The van der Waals surface area contributed by atoms with Crippen molar-refractivity contribution in [3.05, 3.63) is 40.2 Å². The second kappa shape index (κ2) is 5.28. The Morgan fingerprint density at radius 1 is 1.44 bits per heavy atom. The van der Waals surface area contributed by atoms with Gasteiger partial charge in [-0.05, 0) is 25.1 Å². The molecule has 0 spiro atoms. The number of benzene rings is 1. The number of nitrogens with one attached hydrogen (secondary N) is 1. The Kier molecular flexibility index (Phi) is 3.73. The number of rotatable bonds is 3. The molecule has 2 rings (SSSR count). The number of aryl methyl sites for hydroxylation is 1. The Hall–Kier alpha value is -1.73. The first-order valence-electron chi connectivity index (χ1n) is 5.03. The molecule has 0 saturated heterocycles. The van der Waals surface area contributed by atoms with Crippen molar-refractivity contribution < 1.29 is 9.13 Å². The Bertz CT molecular complexity index is 579. The molecule has 7 heteroatoms. The molecule has 2 aromatic rings. The van der Waals surface area contributed by atoms with Gasteiger partial charge in [0, 0.05) is 16.2 Å². The first kappa shape index (κ1) is 12.7. The number of hydrazine groups is 1. The maximum absolute atomic E-state index is 13.5. The number of nitrogens with two attached hydrogens (primary N) is 1. The topological polar surface area (TPSA) is 73.1 Å². The predicted octanol–water partition coefficient (Wildman–Crippen LogP) is 2.76. The van der Waals surface area contributed by atoms with Crippen LogP contribution in [0.5, 0.6) is 11.6 Å². The number of hydrogen-bond donors (Lipinski definition) is 2. The zero-order valence-corrected chi connectivity index (χ0v) is 11.0. The average molecular weight is 313 g/mol. The maximum Gasteiger partial charge on any atom is 0.240 e. The van der Waals surface area contributed by atoms with E-state index >= 15 is 0 Å². The smallest absolute Gasteiger partial charge is 0.240 e. The van der Waals surface area contributed by atoms with Crippen molar-refractivity contribution >= 4 is 21.9 Å². The van der Waals surface area contributed by atoms with Gasteiger partial charge in [-0.2, -0.15) is 4.98 Å². The molecule has 0 radical (unpaired) electrons. The van der Waals surface area contributed by atoms with Gasteiger partial charge in [0.25, 0.3) is 0 Å². The van der Waals surface area contributed by atoms with E-state index in [2.05, 4.69) is 31.3 Å². The molecule has 0 amide bonds. The number of anilines is 1. The second-order valence-electron chi connectivity index (χ2n) is 3.50. The van der Waals surface area contributed by atoms with Gasteiger partial charge in [-0.25, -0.2) is 15.2 Å². The Labute approximate surface area is 111 Å². The Balaban J connectivity index is 2.36. The molecule has 0 saturated carbocycles. The fourth-order valence-corrected chi connectivity index (χ4v) is 1.60. The van der Waals surface area contributed by atoms with E-state index in [9.17, 15) is 4.39 Å². The highest BCUT2D eigenvalue weighted by Gasteiger charge is 2.10. The monoisotopic (exact) mass is 312 g/mol. The molecule has 0 aliphatic heterocycles. The lowest BCUT2D eigenvalue weighted by Crippen LogP contribution is -2.11. The molecule has 94 valence electrons. The van der Waals surface area contributed by atoms with Gasteiger partial charge in [0.15, 0.2) is 11.6 Å². The van der Waals surface area contributed by atoms with Gasteiger partial charge in [-0.15, -0.1) is 0 Å². The summed E-state index contributed by atoms with van der Waals surface area (Å²) in [5, 5.41) is 0. The zero-order chi connectivity index (χ0) is 13.1. The van der Waals surface area contributed by atoms with Crippen LogP contribution in [0.1, 0.15) is 5.56 Å². The minimum absolute atomic E-state index is 0.0779. The molecular formula is C11H10BrFN4O. The number of aromatic nitrogens is 2. The zero-order valence-electron chi connectivity index (χ0n) is 9.45. The molecule has 0 bridgehead atoms.